The first kappa shape index (κ1) is 25.0. The molecule has 2 aromatic rings. The average Bonchev–Trinajstić information content (AvgIpc) is 3.39. The number of methoxy groups -OCH3 is 1. The molecule has 0 aliphatic carbocycles. The molecule has 7 nitrogen and oxygen atoms in total. The average molecular weight is 492 g/mol. The molecule has 1 aromatic carbocycles. The third-order valence-electron chi connectivity index (χ3n) is 8.07. The Hall–Kier alpha value is -2.64. The standard InChI is InChI=1S/C29H41N5O2/c1-36-28(35)19-25(24-4-2-6-27(18-24)34-16-13-30-14-17-34)21-33-15-11-22(20-33)7-9-26-10-8-23-5-3-12-31-29(23)32-26/h2,4,6,8,10,18,22,25,30H,3,5,7,9,11-17,19-21H2,1H3,(H,31,32). The Morgan fingerprint density at radius 3 is 2.92 bits per heavy atom. The highest BCUT2D eigenvalue weighted by Crippen LogP contribution is 2.30. The van der Waals surface area contributed by atoms with Crippen LogP contribution in [0.1, 0.15) is 48.4 Å². The van der Waals surface area contributed by atoms with Gasteiger partial charge in [-0.3, -0.25) is 4.79 Å². The van der Waals surface area contributed by atoms with E-state index in [4.69, 9.17) is 9.72 Å². The van der Waals surface area contributed by atoms with E-state index in [1.165, 1.54) is 48.9 Å². The molecule has 3 aliphatic rings. The van der Waals surface area contributed by atoms with Crippen LogP contribution in [0.4, 0.5) is 11.5 Å². The van der Waals surface area contributed by atoms with E-state index in [0.29, 0.717) is 12.3 Å². The molecule has 2 saturated heterocycles. The Labute approximate surface area is 215 Å². The van der Waals surface area contributed by atoms with Crippen molar-refractivity contribution in [3.8, 4) is 0 Å². The number of anilines is 2. The van der Waals surface area contributed by atoms with Gasteiger partial charge in [0, 0.05) is 63.1 Å². The zero-order valence-electron chi connectivity index (χ0n) is 21.7. The van der Waals surface area contributed by atoms with Gasteiger partial charge in [0.2, 0.25) is 0 Å². The molecule has 194 valence electrons. The lowest BCUT2D eigenvalue weighted by Gasteiger charge is -2.30. The van der Waals surface area contributed by atoms with Crippen LogP contribution in [0, 0.1) is 5.92 Å². The van der Waals surface area contributed by atoms with E-state index in [-0.39, 0.29) is 11.9 Å². The van der Waals surface area contributed by atoms with Crippen molar-refractivity contribution in [1.29, 1.82) is 0 Å². The summed E-state index contributed by atoms with van der Waals surface area (Å²) >= 11 is 0. The number of hydrogen-bond donors (Lipinski definition) is 2. The summed E-state index contributed by atoms with van der Waals surface area (Å²) in [7, 11) is 1.49. The second-order valence-corrected chi connectivity index (χ2v) is 10.6. The number of fused-ring (bicyclic) bond motifs is 1. The SMILES string of the molecule is COC(=O)CC(CN1CCC(CCc2ccc3c(n2)NCCC3)C1)c1cccc(N2CCNCC2)c1. The fraction of sp³-hybridized carbons (Fsp3) is 0.586. The van der Waals surface area contributed by atoms with Crippen LogP contribution in [0.15, 0.2) is 36.4 Å². The van der Waals surface area contributed by atoms with E-state index in [9.17, 15) is 4.79 Å². The molecule has 2 atom stereocenters. The van der Waals surface area contributed by atoms with Crippen molar-refractivity contribution in [3.63, 3.8) is 0 Å². The highest BCUT2D eigenvalue weighted by atomic mass is 16.5. The topological polar surface area (TPSA) is 69.7 Å². The van der Waals surface area contributed by atoms with Crippen LogP contribution in [0.3, 0.4) is 0 Å². The van der Waals surface area contributed by atoms with E-state index in [0.717, 1.165) is 71.0 Å². The van der Waals surface area contributed by atoms with Gasteiger partial charge in [-0.15, -0.1) is 0 Å². The molecule has 0 radical (unpaired) electrons. The molecule has 36 heavy (non-hydrogen) atoms. The molecule has 2 fully saturated rings. The highest BCUT2D eigenvalue weighted by molar-refractivity contribution is 5.70. The van der Waals surface area contributed by atoms with Crippen molar-refractivity contribution in [2.24, 2.45) is 5.92 Å². The van der Waals surface area contributed by atoms with E-state index < -0.39 is 0 Å². The Kier molecular flexibility index (Phi) is 8.39. The maximum absolute atomic E-state index is 12.3. The molecule has 3 aliphatic heterocycles. The maximum atomic E-state index is 12.3. The minimum atomic E-state index is -0.129. The molecule has 0 amide bonds. The number of likely N-dealkylation sites (tertiary alicyclic amines) is 1. The number of nitrogens with one attached hydrogen (secondary N) is 2. The van der Waals surface area contributed by atoms with Crippen LogP contribution in [-0.4, -0.2) is 75.3 Å². The number of aromatic nitrogens is 1. The van der Waals surface area contributed by atoms with E-state index in [1.54, 1.807) is 0 Å². The summed E-state index contributed by atoms with van der Waals surface area (Å²) in [6.07, 6.45) is 6.18. The molecule has 1 aromatic heterocycles. The molecule has 0 spiro atoms. The number of hydrogen-bond acceptors (Lipinski definition) is 7. The Bertz CT molecular complexity index is 1020. The smallest absolute Gasteiger partial charge is 0.306 e. The summed E-state index contributed by atoms with van der Waals surface area (Å²) in [4.78, 5) is 22.2. The summed E-state index contributed by atoms with van der Waals surface area (Å²) in [5, 5.41) is 6.88. The molecule has 2 unspecified atom stereocenters. The van der Waals surface area contributed by atoms with Crippen molar-refractivity contribution >= 4 is 17.5 Å². The minimum absolute atomic E-state index is 0.129. The van der Waals surface area contributed by atoms with Gasteiger partial charge in [-0.2, -0.15) is 0 Å². The third-order valence-corrected chi connectivity index (χ3v) is 8.07. The van der Waals surface area contributed by atoms with Crippen LogP contribution in [-0.2, 0) is 22.4 Å². The van der Waals surface area contributed by atoms with Crippen LogP contribution in [0.5, 0.6) is 0 Å². The van der Waals surface area contributed by atoms with Crippen molar-refractivity contribution in [2.45, 2.75) is 44.4 Å². The number of aryl methyl sites for hydroxylation is 2. The molecule has 7 heteroatoms. The monoisotopic (exact) mass is 491 g/mol. The van der Waals surface area contributed by atoms with Crippen molar-refractivity contribution < 1.29 is 9.53 Å². The van der Waals surface area contributed by atoms with E-state index in [1.807, 2.05) is 0 Å². The number of esters is 1. The van der Waals surface area contributed by atoms with Crippen LogP contribution < -0.4 is 15.5 Å². The van der Waals surface area contributed by atoms with Gasteiger partial charge >= 0.3 is 5.97 Å². The second kappa shape index (κ2) is 12.1. The summed E-state index contributed by atoms with van der Waals surface area (Å²) < 4.78 is 5.07. The van der Waals surface area contributed by atoms with Crippen LogP contribution in [0.2, 0.25) is 0 Å². The largest absolute Gasteiger partial charge is 0.469 e. The summed E-state index contributed by atoms with van der Waals surface area (Å²) in [6.45, 7) is 8.20. The Morgan fingerprint density at radius 2 is 2.06 bits per heavy atom. The molecule has 2 N–H and O–H groups in total. The minimum Gasteiger partial charge on any atom is -0.469 e. The summed E-state index contributed by atoms with van der Waals surface area (Å²) in [6, 6.07) is 13.3. The van der Waals surface area contributed by atoms with Gasteiger partial charge in [0.1, 0.15) is 5.82 Å². The van der Waals surface area contributed by atoms with Gasteiger partial charge in [-0.25, -0.2) is 4.98 Å². The van der Waals surface area contributed by atoms with Gasteiger partial charge < -0.3 is 25.2 Å². The van der Waals surface area contributed by atoms with E-state index in [2.05, 4.69) is 56.8 Å². The number of ether oxygens (including phenoxy) is 1. The molecule has 0 saturated carbocycles. The summed E-state index contributed by atoms with van der Waals surface area (Å²) in [5.74, 6) is 1.80. The highest BCUT2D eigenvalue weighted by Gasteiger charge is 2.27. The van der Waals surface area contributed by atoms with Crippen molar-refractivity contribution in [1.82, 2.24) is 15.2 Å². The zero-order chi connectivity index (χ0) is 24.7. The number of carbonyl (C=O) groups excluding carboxylic acids is 1. The maximum Gasteiger partial charge on any atom is 0.306 e. The van der Waals surface area contributed by atoms with Crippen LogP contribution >= 0.6 is 0 Å². The normalized spacial score (nSPS) is 21.0. The van der Waals surface area contributed by atoms with Crippen molar-refractivity contribution in [2.75, 3.05) is 69.7 Å². The van der Waals surface area contributed by atoms with E-state index >= 15 is 0 Å². The van der Waals surface area contributed by atoms with Gasteiger partial charge in [0.05, 0.1) is 13.5 Å². The molecule has 4 heterocycles. The predicted octanol–water partition coefficient (Wildman–Crippen LogP) is 3.45. The van der Waals surface area contributed by atoms with Gasteiger partial charge in [0.25, 0.3) is 0 Å². The second-order valence-electron chi connectivity index (χ2n) is 10.6. The first-order valence-electron chi connectivity index (χ1n) is 13.8. The lowest BCUT2D eigenvalue weighted by Crippen LogP contribution is -2.43. The number of rotatable bonds is 9. The molecule has 0 bridgehead atoms. The quantitative estimate of drug-likeness (QED) is 0.521. The summed E-state index contributed by atoms with van der Waals surface area (Å²) in [5.41, 5.74) is 5.06. The molecule has 5 rings (SSSR count). The zero-order valence-corrected chi connectivity index (χ0v) is 21.7. The predicted molar refractivity (Wildman–Crippen MR) is 145 cm³/mol. The van der Waals surface area contributed by atoms with Crippen LogP contribution in [0.25, 0.3) is 0 Å². The van der Waals surface area contributed by atoms with Gasteiger partial charge in [-0.05, 0) is 73.9 Å². The molecular formula is C29H41N5O2. The number of pyridine rings is 1. The number of nitrogens with zero attached hydrogens (tertiary/aromatic N) is 3. The Balaban J connectivity index is 1.19. The first-order valence-corrected chi connectivity index (χ1v) is 13.8. The molecular weight excluding hydrogens is 450 g/mol. The first-order chi connectivity index (χ1) is 17.7. The lowest BCUT2D eigenvalue weighted by molar-refractivity contribution is -0.141. The third kappa shape index (κ3) is 6.37. The van der Waals surface area contributed by atoms with Gasteiger partial charge in [0.15, 0.2) is 0 Å². The Morgan fingerprint density at radius 1 is 1.17 bits per heavy atom. The number of carbonyl (C=O) groups is 1. The fourth-order valence-electron chi connectivity index (χ4n) is 5.96. The van der Waals surface area contributed by atoms with Gasteiger partial charge in [-0.1, -0.05) is 18.2 Å². The number of piperazine rings is 1. The lowest BCUT2D eigenvalue weighted by atomic mass is 9.94. The fourth-order valence-corrected chi connectivity index (χ4v) is 5.96. The van der Waals surface area contributed by atoms with Crippen molar-refractivity contribution in [3.05, 3.63) is 53.2 Å². The number of benzene rings is 1.